The largest absolute Gasteiger partial charge is 0.307 e. The van der Waals surface area contributed by atoms with E-state index < -0.39 is 0 Å². The third-order valence-electron chi connectivity index (χ3n) is 3.05. The van der Waals surface area contributed by atoms with Gasteiger partial charge in [-0.05, 0) is 43.2 Å². The summed E-state index contributed by atoms with van der Waals surface area (Å²) < 4.78 is 1.59. The molecule has 0 fully saturated rings. The predicted molar refractivity (Wildman–Crippen MR) is 75.4 cm³/mol. The van der Waals surface area contributed by atoms with Crippen molar-refractivity contribution < 1.29 is 0 Å². The van der Waals surface area contributed by atoms with Crippen molar-refractivity contribution in [1.82, 2.24) is 4.57 Å². The SMILES string of the molecule is Cc1cc(C)n(Cc2cccc(Cl)c2)c(=O)c1C#N. The van der Waals surface area contributed by atoms with E-state index in [1.165, 1.54) is 0 Å². The fraction of sp³-hybridized carbons (Fsp3) is 0.200. The zero-order chi connectivity index (χ0) is 14.0. The van der Waals surface area contributed by atoms with E-state index in [1.807, 2.05) is 37.3 Å². The molecule has 1 aromatic carbocycles. The number of nitriles is 1. The van der Waals surface area contributed by atoms with Gasteiger partial charge in [0.15, 0.2) is 0 Å². The van der Waals surface area contributed by atoms with Gasteiger partial charge < -0.3 is 4.57 Å². The fourth-order valence-electron chi connectivity index (χ4n) is 2.08. The van der Waals surface area contributed by atoms with Crippen LogP contribution in [0.4, 0.5) is 0 Å². The minimum Gasteiger partial charge on any atom is -0.307 e. The maximum Gasteiger partial charge on any atom is 0.269 e. The molecule has 0 amide bonds. The van der Waals surface area contributed by atoms with E-state index in [4.69, 9.17) is 16.9 Å². The van der Waals surface area contributed by atoms with E-state index in [0.29, 0.717) is 17.1 Å². The van der Waals surface area contributed by atoms with Gasteiger partial charge in [0.2, 0.25) is 0 Å². The molecule has 0 saturated carbocycles. The molecule has 0 aliphatic heterocycles. The van der Waals surface area contributed by atoms with Crippen molar-refractivity contribution in [3.05, 3.63) is 68.1 Å². The molecule has 96 valence electrons. The van der Waals surface area contributed by atoms with Gasteiger partial charge in [-0.2, -0.15) is 5.26 Å². The van der Waals surface area contributed by atoms with Crippen molar-refractivity contribution in [2.75, 3.05) is 0 Å². The lowest BCUT2D eigenvalue weighted by molar-refractivity contribution is 0.724. The molecule has 19 heavy (non-hydrogen) atoms. The Morgan fingerprint density at radius 1 is 1.32 bits per heavy atom. The number of hydrogen-bond acceptors (Lipinski definition) is 2. The van der Waals surface area contributed by atoms with E-state index in [9.17, 15) is 4.79 Å². The summed E-state index contributed by atoms with van der Waals surface area (Å²) in [5.41, 5.74) is 2.44. The number of pyridine rings is 1. The van der Waals surface area contributed by atoms with Gasteiger partial charge in [-0.15, -0.1) is 0 Å². The molecule has 0 aliphatic carbocycles. The molecule has 1 aromatic heterocycles. The summed E-state index contributed by atoms with van der Waals surface area (Å²) in [5.74, 6) is 0. The number of aromatic nitrogens is 1. The summed E-state index contributed by atoms with van der Waals surface area (Å²) in [6.45, 7) is 4.05. The van der Waals surface area contributed by atoms with E-state index in [0.717, 1.165) is 11.3 Å². The number of nitrogens with zero attached hydrogens (tertiary/aromatic N) is 2. The van der Waals surface area contributed by atoms with E-state index >= 15 is 0 Å². The van der Waals surface area contributed by atoms with Crippen LogP contribution in [0.15, 0.2) is 35.1 Å². The molecule has 0 bridgehead atoms. The van der Waals surface area contributed by atoms with Crippen LogP contribution in [-0.2, 0) is 6.54 Å². The molecule has 0 spiro atoms. The molecule has 0 radical (unpaired) electrons. The Morgan fingerprint density at radius 3 is 2.68 bits per heavy atom. The Balaban J connectivity index is 2.53. The van der Waals surface area contributed by atoms with Crippen molar-refractivity contribution in [2.24, 2.45) is 0 Å². The average molecular weight is 273 g/mol. The Morgan fingerprint density at radius 2 is 2.05 bits per heavy atom. The topological polar surface area (TPSA) is 45.8 Å². The molecule has 0 aliphatic rings. The summed E-state index contributed by atoms with van der Waals surface area (Å²) in [6.07, 6.45) is 0. The number of halogens is 1. The highest BCUT2D eigenvalue weighted by Gasteiger charge is 2.10. The van der Waals surface area contributed by atoms with Gasteiger partial charge in [-0.25, -0.2) is 0 Å². The molecule has 2 rings (SSSR count). The molecular formula is C15H13ClN2O. The predicted octanol–water partition coefficient (Wildman–Crippen LogP) is 3.04. The van der Waals surface area contributed by atoms with Crippen molar-refractivity contribution in [3.8, 4) is 6.07 Å². The Hall–Kier alpha value is -2.05. The van der Waals surface area contributed by atoms with Gasteiger partial charge in [0.1, 0.15) is 11.6 Å². The standard InChI is InChI=1S/C15H13ClN2O/c1-10-6-11(2)18(15(19)14(10)8-17)9-12-4-3-5-13(16)7-12/h3-7H,9H2,1-2H3. The van der Waals surface area contributed by atoms with Crippen LogP contribution in [-0.4, -0.2) is 4.57 Å². The number of benzene rings is 1. The minimum atomic E-state index is -0.250. The zero-order valence-corrected chi connectivity index (χ0v) is 11.5. The third kappa shape index (κ3) is 2.69. The monoisotopic (exact) mass is 272 g/mol. The fourth-order valence-corrected chi connectivity index (χ4v) is 2.29. The van der Waals surface area contributed by atoms with Crippen molar-refractivity contribution in [3.63, 3.8) is 0 Å². The second-order valence-electron chi connectivity index (χ2n) is 4.48. The lowest BCUT2D eigenvalue weighted by Gasteiger charge is -2.12. The van der Waals surface area contributed by atoms with Crippen molar-refractivity contribution >= 4 is 11.6 Å². The summed E-state index contributed by atoms with van der Waals surface area (Å²) in [4.78, 5) is 12.2. The summed E-state index contributed by atoms with van der Waals surface area (Å²) >= 11 is 5.93. The minimum absolute atomic E-state index is 0.202. The molecule has 0 N–H and O–H groups in total. The van der Waals surface area contributed by atoms with Crippen LogP contribution in [0.5, 0.6) is 0 Å². The lowest BCUT2D eigenvalue weighted by atomic mass is 10.1. The highest BCUT2D eigenvalue weighted by molar-refractivity contribution is 6.30. The molecule has 2 aromatic rings. The Labute approximate surface area is 116 Å². The molecule has 0 atom stereocenters. The first-order valence-corrected chi connectivity index (χ1v) is 6.26. The Bertz CT molecular complexity index is 726. The van der Waals surface area contributed by atoms with Gasteiger partial charge >= 0.3 is 0 Å². The third-order valence-corrected chi connectivity index (χ3v) is 3.28. The molecule has 3 nitrogen and oxygen atoms in total. The molecule has 0 unspecified atom stereocenters. The second-order valence-corrected chi connectivity index (χ2v) is 4.91. The van der Waals surface area contributed by atoms with E-state index in [-0.39, 0.29) is 11.1 Å². The van der Waals surface area contributed by atoms with Crippen LogP contribution in [0.3, 0.4) is 0 Å². The highest BCUT2D eigenvalue weighted by Crippen LogP contribution is 2.13. The van der Waals surface area contributed by atoms with Crippen LogP contribution in [0.25, 0.3) is 0 Å². The van der Waals surface area contributed by atoms with Crippen LogP contribution in [0, 0.1) is 25.2 Å². The van der Waals surface area contributed by atoms with Crippen LogP contribution < -0.4 is 5.56 Å². The van der Waals surface area contributed by atoms with Crippen LogP contribution in [0.1, 0.15) is 22.4 Å². The summed E-state index contributed by atoms with van der Waals surface area (Å²) in [6, 6.07) is 11.2. The second kappa shape index (κ2) is 5.29. The smallest absolute Gasteiger partial charge is 0.269 e. The van der Waals surface area contributed by atoms with Gasteiger partial charge in [0.25, 0.3) is 5.56 Å². The van der Waals surface area contributed by atoms with E-state index in [2.05, 4.69) is 0 Å². The molecule has 1 heterocycles. The molecule has 4 heteroatoms. The normalized spacial score (nSPS) is 10.2. The Kier molecular flexibility index (Phi) is 3.73. The lowest BCUT2D eigenvalue weighted by Crippen LogP contribution is -2.26. The maximum atomic E-state index is 12.2. The molecule has 0 saturated heterocycles. The summed E-state index contributed by atoms with van der Waals surface area (Å²) in [7, 11) is 0. The van der Waals surface area contributed by atoms with Gasteiger partial charge in [-0.3, -0.25) is 4.79 Å². The zero-order valence-electron chi connectivity index (χ0n) is 10.8. The maximum absolute atomic E-state index is 12.2. The first-order chi connectivity index (χ1) is 9.02. The average Bonchev–Trinajstić information content (AvgIpc) is 2.35. The summed E-state index contributed by atoms with van der Waals surface area (Å²) in [5, 5.41) is 9.68. The van der Waals surface area contributed by atoms with Gasteiger partial charge in [0, 0.05) is 10.7 Å². The highest BCUT2D eigenvalue weighted by atomic mass is 35.5. The number of hydrogen-bond donors (Lipinski definition) is 0. The van der Waals surface area contributed by atoms with Crippen molar-refractivity contribution in [1.29, 1.82) is 5.26 Å². The van der Waals surface area contributed by atoms with Gasteiger partial charge in [-0.1, -0.05) is 23.7 Å². The number of aryl methyl sites for hydroxylation is 2. The van der Waals surface area contributed by atoms with Crippen LogP contribution in [0.2, 0.25) is 5.02 Å². The van der Waals surface area contributed by atoms with Gasteiger partial charge in [0.05, 0.1) is 6.54 Å². The van der Waals surface area contributed by atoms with Crippen LogP contribution >= 0.6 is 11.6 Å². The van der Waals surface area contributed by atoms with E-state index in [1.54, 1.807) is 17.6 Å². The number of rotatable bonds is 2. The first kappa shape index (κ1) is 13.4. The first-order valence-electron chi connectivity index (χ1n) is 5.88. The quantitative estimate of drug-likeness (QED) is 0.843. The van der Waals surface area contributed by atoms with Crippen molar-refractivity contribution in [2.45, 2.75) is 20.4 Å². The molecular weight excluding hydrogens is 260 g/mol.